The highest BCUT2D eigenvalue weighted by molar-refractivity contribution is 5.58. The van der Waals surface area contributed by atoms with E-state index in [-0.39, 0.29) is 17.4 Å². The van der Waals surface area contributed by atoms with Crippen molar-refractivity contribution in [1.29, 1.82) is 0 Å². The molecule has 74 valence electrons. The van der Waals surface area contributed by atoms with Crippen LogP contribution in [0.15, 0.2) is 11.6 Å². The molecule has 0 saturated heterocycles. The third-order valence-electron chi connectivity index (χ3n) is 2.55. The molecule has 0 aromatic rings. The maximum absolute atomic E-state index is 10.3. The van der Waals surface area contributed by atoms with Crippen molar-refractivity contribution < 1.29 is 14.6 Å². The second-order valence-corrected chi connectivity index (χ2v) is 4.40. The zero-order valence-electron chi connectivity index (χ0n) is 8.50. The Bertz CT molecular complexity index is 249. The molecule has 1 saturated carbocycles. The zero-order chi connectivity index (χ0) is 10.2. The minimum Gasteiger partial charge on any atom is -0.450 e. The maximum Gasteiger partial charge on any atom is 0.506 e. The minimum absolute atomic E-state index is 0.0321. The lowest BCUT2D eigenvalue weighted by molar-refractivity contribution is 0.0732. The lowest BCUT2D eigenvalue weighted by atomic mass is 10.1. The summed E-state index contributed by atoms with van der Waals surface area (Å²) in [5.74, 6) is 0.244. The van der Waals surface area contributed by atoms with E-state index >= 15 is 0 Å². The third kappa shape index (κ3) is 2.02. The Morgan fingerprint density at radius 1 is 1.46 bits per heavy atom. The van der Waals surface area contributed by atoms with E-state index in [4.69, 9.17) is 9.84 Å². The number of ether oxygens (including phenoxy) is 1. The molecule has 0 aromatic heterocycles. The first kappa shape index (κ1) is 10.1. The largest absolute Gasteiger partial charge is 0.506 e. The summed E-state index contributed by atoms with van der Waals surface area (Å²) >= 11 is 0. The van der Waals surface area contributed by atoms with E-state index < -0.39 is 6.16 Å². The predicted molar refractivity (Wildman–Crippen MR) is 49.6 cm³/mol. The zero-order valence-corrected chi connectivity index (χ0v) is 8.50. The van der Waals surface area contributed by atoms with Crippen molar-refractivity contribution >= 4 is 6.16 Å². The molecule has 0 bridgehead atoms. The number of hydrogen-bond donors (Lipinski definition) is 1. The third-order valence-corrected chi connectivity index (χ3v) is 2.55. The van der Waals surface area contributed by atoms with Crippen LogP contribution in [0, 0.1) is 11.3 Å². The maximum atomic E-state index is 10.3. The van der Waals surface area contributed by atoms with E-state index in [1.165, 1.54) is 5.57 Å². The monoisotopic (exact) mass is 184 g/mol. The van der Waals surface area contributed by atoms with Gasteiger partial charge in [0.1, 0.15) is 6.10 Å². The van der Waals surface area contributed by atoms with Crippen molar-refractivity contribution in [3.63, 3.8) is 0 Å². The smallest absolute Gasteiger partial charge is 0.450 e. The topological polar surface area (TPSA) is 46.5 Å². The van der Waals surface area contributed by atoms with Crippen LogP contribution in [0.1, 0.15) is 27.7 Å². The SMILES string of the molecule is CC(C)=C[C@H]1[C@@H](OC(=O)O)C1(C)C. The lowest BCUT2D eigenvalue weighted by Crippen LogP contribution is -2.07. The second-order valence-electron chi connectivity index (χ2n) is 4.40. The molecular formula is C10H16O3. The number of rotatable bonds is 2. The average molecular weight is 184 g/mol. The normalized spacial score (nSPS) is 29.2. The van der Waals surface area contributed by atoms with Crippen LogP contribution in [0.5, 0.6) is 0 Å². The molecule has 1 N–H and O–H groups in total. The fourth-order valence-corrected chi connectivity index (χ4v) is 1.62. The first-order valence-electron chi connectivity index (χ1n) is 4.40. The van der Waals surface area contributed by atoms with Crippen molar-refractivity contribution in [2.24, 2.45) is 11.3 Å². The van der Waals surface area contributed by atoms with Gasteiger partial charge in [0.2, 0.25) is 0 Å². The summed E-state index contributed by atoms with van der Waals surface area (Å²) in [6.45, 7) is 8.05. The standard InChI is InChI=1S/C10H16O3/c1-6(2)5-7-8(10(7,3)4)13-9(11)12/h5,7-8H,1-4H3,(H,11,12)/t7-,8+/m0/s1. The van der Waals surface area contributed by atoms with Gasteiger partial charge in [0, 0.05) is 11.3 Å². The summed E-state index contributed by atoms with van der Waals surface area (Å²) in [6.07, 6.45) is 0.732. The molecule has 0 unspecified atom stereocenters. The molecule has 2 atom stereocenters. The van der Waals surface area contributed by atoms with Crippen molar-refractivity contribution in [1.82, 2.24) is 0 Å². The quantitative estimate of drug-likeness (QED) is 0.530. The van der Waals surface area contributed by atoms with Gasteiger partial charge in [0.05, 0.1) is 0 Å². The molecular weight excluding hydrogens is 168 g/mol. The van der Waals surface area contributed by atoms with Gasteiger partial charge in [0.15, 0.2) is 0 Å². The molecule has 1 rings (SSSR count). The second kappa shape index (κ2) is 3.05. The van der Waals surface area contributed by atoms with Gasteiger partial charge in [-0.15, -0.1) is 0 Å². The van der Waals surface area contributed by atoms with Crippen LogP contribution in [-0.2, 0) is 4.74 Å². The first-order chi connectivity index (χ1) is 5.85. The summed E-state index contributed by atoms with van der Waals surface area (Å²) in [6, 6.07) is 0. The fraction of sp³-hybridized carbons (Fsp3) is 0.700. The van der Waals surface area contributed by atoms with Crippen molar-refractivity contribution in [3.8, 4) is 0 Å². The lowest BCUT2D eigenvalue weighted by Gasteiger charge is -1.99. The van der Waals surface area contributed by atoms with Crippen LogP contribution >= 0.6 is 0 Å². The minimum atomic E-state index is -1.18. The van der Waals surface area contributed by atoms with Gasteiger partial charge in [-0.3, -0.25) is 0 Å². The van der Waals surface area contributed by atoms with Gasteiger partial charge >= 0.3 is 6.16 Å². The summed E-state index contributed by atoms with van der Waals surface area (Å²) < 4.78 is 4.76. The van der Waals surface area contributed by atoms with Crippen LogP contribution in [0.4, 0.5) is 4.79 Å². The molecule has 0 spiro atoms. The van der Waals surface area contributed by atoms with E-state index in [1.54, 1.807) is 0 Å². The Kier molecular flexibility index (Phi) is 2.37. The Morgan fingerprint density at radius 3 is 2.38 bits per heavy atom. The highest BCUT2D eigenvalue weighted by atomic mass is 16.7. The summed E-state index contributed by atoms with van der Waals surface area (Å²) in [7, 11) is 0. The summed E-state index contributed by atoms with van der Waals surface area (Å²) in [5.41, 5.74) is 1.17. The number of allylic oxidation sites excluding steroid dienone is 1. The van der Waals surface area contributed by atoms with Crippen molar-refractivity contribution in [2.45, 2.75) is 33.8 Å². The Labute approximate surface area is 78.4 Å². The molecule has 3 nitrogen and oxygen atoms in total. The molecule has 0 radical (unpaired) electrons. The van der Waals surface area contributed by atoms with E-state index in [0.29, 0.717) is 0 Å². The molecule has 1 fully saturated rings. The Morgan fingerprint density at radius 2 is 2.00 bits per heavy atom. The van der Waals surface area contributed by atoms with Gasteiger partial charge in [-0.1, -0.05) is 25.5 Å². The number of carbonyl (C=O) groups is 1. The fourth-order valence-electron chi connectivity index (χ4n) is 1.62. The van der Waals surface area contributed by atoms with Gasteiger partial charge in [-0.2, -0.15) is 0 Å². The molecule has 1 aliphatic carbocycles. The van der Waals surface area contributed by atoms with E-state index in [9.17, 15) is 4.79 Å². The van der Waals surface area contributed by atoms with Crippen LogP contribution in [-0.4, -0.2) is 17.4 Å². The molecule has 3 heteroatoms. The highest BCUT2D eigenvalue weighted by Gasteiger charge is 2.59. The summed E-state index contributed by atoms with van der Waals surface area (Å²) in [4.78, 5) is 10.3. The van der Waals surface area contributed by atoms with Gasteiger partial charge < -0.3 is 9.84 Å². The summed E-state index contributed by atoms with van der Waals surface area (Å²) in [5, 5.41) is 8.47. The molecule has 0 heterocycles. The Balaban J connectivity index is 2.61. The van der Waals surface area contributed by atoms with E-state index in [1.807, 2.05) is 27.7 Å². The molecule has 0 aliphatic heterocycles. The van der Waals surface area contributed by atoms with Crippen LogP contribution in [0.2, 0.25) is 0 Å². The van der Waals surface area contributed by atoms with E-state index in [2.05, 4.69) is 6.08 Å². The predicted octanol–water partition coefficient (Wildman–Crippen LogP) is 2.67. The van der Waals surface area contributed by atoms with Crippen molar-refractivity contribution in [3.05, 3.63) is 11.6 Å². The highest BCUT2D eigenvalue weighted by Crippen LogP contribution is 2.55. The van der Waals surface area contributed by atoms with Crippen LogP contribution in [0.3, 0.4) is 0 Å². The average Bonchev–Trinajstić information content (AvgIpc) is 2.36. The molecule has 0 aromatic carbocycles. The van der Waals surface area contributed by atoms with Gasteiger partial charge in [0.25, 0.3) is 0 Å². The number of hydrogen-bond acceptors (Lipinski definition) is 2. The van der Waals surface area contributed by atoms with Crippen LogP contribution < -0.4 is 0 Å². The van der Waals surface area contributed by atoms with E-state index in [0.717, 1.165) is 0 Å². The number of carboxylic acid groups (broad SMARTS) is 1. The Hall–Kier alpha value is -0.990. The first-order valence-corrected chi connectivity index (χ1v) is 4.40. The van der Waals surface area contributed by atoms with Gasteiger partial charge in [-0.05, 0) is 13.8 Å². The molecule has 0 amide bonds. The van der Waals surface area contributed by atoms with Crippen LogP contribution in [0.25, 0.3) is 0 Å². The molecule has 13 heavy (non-hydrogen) atoms. The van der Waals surface area contributed by atoms with Crippen molar-refractivity contribution in [2.75, 3.05) is 0 Å². The van der Waals surface area contributed by atoms with Gasteiger partial charge in [-0.25, -0.2) is 4.79 Å². The molecule has 1 aliphatic rings.